The van der Waals surface area contributed by atoms with Gasteiger partial charge in [-0.15, -0.1) is 0 Å². The van der Waals surface area contributed by atoms with E-state index >= 15 is 0 Å². The minimum Gasteiger partial charge on any atom is -0.373 e. The van der Waals surface area contributed by atoms with Gasteiger partial charge in [0, 0.05) is 0 Å². The molecule has 1 aromatic rings. The average Bonchev–Trinajstić information content (AvgIpc) is 3.39. The quantitative estimate of drug-likeness (QED) is 0.647. The molecular formula is C19H26O2. The fourth-order valence-electron chi connectivity index (χ4n) is 3.19. The van der Waals surface area contributed by atoms with Gasteiger partial charge < -0.3 is 9.47 Å². The molecule has 2 saturated heterocycles. The number of ether oxygens (including phenoxy) is 2. The van der Waals surface area contributed by atoms with E-state index < -0.39 is 0 Å². The molecular weight excluding hydrogens is 260 g/mol. The Labute approximate surface area is 127 Å². The van der Waals surface area contributed by atoms with Gasteiger partial charge in [0.2, 0.25) is 0 Å². The summed E-state index contributed by atoms with van der Waals surface area (Å²) in [4.78, 5) is 0. The van der Waals surface area contributed by atoms with Gasteiger partial charge in [0.05, 0.1) is 25.4 Å². The van der Waals surface area contributed by atoms with Gasteiger partial charge in [0.25, 0.3) is 0 Å². The monoisotopic (exact) mass is 286 g/mol. The van der Waals surface area contributed by atoms with Crippen molar-refractivity contribution in [2.75, 3.05) is 13.2 Å². The lowest BCUT2D eigenvalue weighted by Crippen LogP contribution is -2.01. The Morgan fingerprint density at radius 1 is 0.810 bits per heavy atom. The number of epoxide rings is 2. The number of aryl methyl sites for hydroxylation is 3. The first-order valence-electron chi connectivity index (χ1n) is 8.71. The van der Waals surface area contributed by atoms with Gasteiger partial charge in [0.1, 0.15) is 0 Å². The Morgan fingerprint density at radius 3 is 2.14 bits per heavy atom. The van der Waals surface area contributed by atoms with Crippen LogP contribution in [-0.2, 0) is 28.7 Å². The highest BCUT2D eigenvalue weighted by Crippen LogP contribution is 2.34. The molecule has 0 amide bonds. The van der Waals surface area contributed by atoms with Crippen LogP contribution < -0.4 is 0 Å². The molecule has 2 heteroatoms. The largest absolute Gasteiger partial charge is 0.373 e. The molecule has 1 aromatic carbocycles. The Bertz CT molecular complexity index is 484. The molecule has 4 rings (SSSR count). The summed E-state index contributed by atoms with van der Waals surface area (Å²) in [6.45, 7) is 1.96. The molecule has 2 aliphatic heterocycles. The predicted octanol–water partition coefficient (Wildman–Crippen LogP) is 3.69. The number of hydrogen-bond donors (Lipinski definition) is 0. The van der Waals surface area contributed by atoms with Crippen molar-refractivity contribution in [3.63, 3.8) is 0 Å². The molecule has 3 aliphatic rings. The van der Waals surface area contributed by atoms with Crippen molar-refractivity contribution in [3.05, 3.63) is 34.9 Å². The third-order valence-electron chi connectivity index (χ3n) is 5.08. The second-order valence-electron chi connectivity index (χ2n) is 7.07. The molecule has 1 saturated carbocycles. The van der Waals surface area contributed by atoms with E-state index in [9.17, 15) is 0 Å². The van der Waals surface area contributed by atoms with Crippen LogP contribution in [0.2, 0.25) is 0 Å². The van der Waals surface area contributed by atoms with Gasteiger partial charge in [0.15, 0.2) is 0 Å². The van der Waals surface area contributed by atoms with Gasteiger partial charge in [-0.25, -0.2) is 0 Å². The summed E-state index contributed by atoms with van der Waals surface area (Å²) in [5.41, 5.74) is 4.68. The highest BCUT2D eigenvalue weighted by Gasteiger charge is 2.24. The topological polar surface area (TPSA) is 25.1 Å². The van der Waals surface area contributed by atoms with Crippen LogP contribution in [0, 0.1) is 5.92 Å². The Kier molecular flexibility index (Phi) is 4.00. The molecule has 114 valence electrons. The molecule has 2 nitrogen and oxygen atoms in total. The van der Waals surface area contributed by atoms with E-state index in [1.54, 1.807) is 11.1 Å². The van der Waals surface area contributed by atoms with Crippen molar-refractivity contribution >= 4 is 0 Å². The summed E-state index contributed by atoms with van der Waals surface area (Å²) in [6.07, 6.45) is 11.4. The fraction of sp³-hybridized carbons (Fsp3) is 0.684. The first-order valence-corrected chi connectivity index (χ1v) is 8.71. The average molecular weight is 286 g/mol. The van der Waals surface area contributed by atoms with Crippen LogP contribution in [0.4, 0.5) is 0 Å². The maximum absolute atomic E-state index is 5.36. The van der Waals surface area contributed by atoms with Crippen LogP contribution in [0.25, 0.3) is 0 Å². The van der Waals surface area contributed by atoms with Crippen molar-refractivity contribution in [2.24, 2.45) is 5.92 Å². The van der Waals surface area contributed by atoms with Crippen LogP contribution in [0.1, 0.15) is 48.8 Å². The molecule has 0 spiro atoms. The normalized spacial score (nSPS) is 26.9. The molecule has 0 aromatic heterocycles. The van der Waals surface area contributed by atoms with Crippen LogP contribution in [0.3, 0.4) is 0 Å². The molecule has 2 atom stereocenters. The Balaban J connectivity index is 1.40. The molecule has 2 heterocycles. The SMILES string of the molecule is c1cc(CCC2CO2)c(CCC2CC2)cc1CCC1CO1. The van der Waals surface area contributed by atoms with E-state index in [4.69, 9.17) is 9.47 Å². The minimum absolute atomic E-state index is 0.548. The summed E-state index contributed by atoms with van der Waals surface area (Å²) >= 11 is 0. The van der Waals surface area contributed by atoms with Crippen LogP contribution in [0.5, 0.6) is 0 Å². The molecule has 3 fully saturated rings. The molecule has 0 bridgehead atoms. The Hall–Kier alpha value is -0.860. The summed E-state index contributed by atoms with van der Waals surface area (Å²) < 4.78 is 10.7. The molecule has 0 N–H and O–H groups in total. The van der Waals surface area contributed by atoms with Gasteiger partial charge >= 0.3 is 0 Å². The third kappa shape index (κ3) is 4.31. The lowest BCUT2D eigenvalue weighted by atomic mass is 9.94. The van der Waals surface area contributed by atoms with E-state index in [1.807, 2.05) is 0 Å². The maximum atomic E-state index is 5.36. The van der Waals surface area contributed by atoms with Crippen molar-refractivity contribution < 1.29 is 9.47 Å². The number of rotatable bonds is 9. The highest BCUT2D eigenvalue weighted by atomic mass is 16.6. The lowest BCUT2D eigenvalue weighted by Gasteiger charge is -2.12. The smallest absolute Gasteiger partial charge is 0.0813 e. The zero-order valence-corrected chi connectivity index (χ0v) is 12.9. The van der Waals surface area contributed by atoms with E-state index in [0.29, 0.717) is 12.2 Å². The van der Waals surface area contributed by atoms with E-state index in [2.05, 4.69) is 18.2 Å². The number of hydrogen-bond acceptors (Lipinski definition) is 2. The molecule has 21 heavy (non-hydrogen) atoms. The van der Waals surface area contributed by atoms with Crippen LogP contribution >= 0.6 is 0 Å². The second kappa shape index (κ2) is 6.10. The fourth-order valence-corrected chi connectivity index (χ4v) is 3.19. The van der Waals surface area contributed by atoms with Crippen LogP contribution in [0.15, 0.2) is 18.2 Å². The Morgan fingerprint density at radius 2 is 1.48 bits per heavy atom. The van der Waals surface area contributed by atoms with Crippen molar-refractivity contribution in [3.8, 4) is 0 Å². The van der Waals surface area contributed by atoms with Gasteiger partial charge in [-0.05, 0) is 61.1 Å². The van der Waals surface area contributed by atoms with Crippen LogP contribution in [-0.4, -0.2) is 25.4 Å². The minimum atomic E-state index is 0.548. The zero-order chi connectivity index (χ0) is 14.1. The summed E-state index contributed by atoms with van der Waals surface area (Å²) in [6, 6.07) is 7.20. The summed E-state index contributed by atoms with van der Waals surface area (Å²) in [5.74, 6) is 1.02. The highest BCUT2D eigenvalue weighted by molar-refractivity contribution is 5.33. The van der Waals surface area contributed by atoms with Gasteiger partial charge in [-0.3, -0.25) is 0 Å². The van der Waals surface area contributed by atoms with Crippen molar-refractivity contribution in [1.29, 1.82) is 0 Å². The maximum Gasteiger partial charge on any atom is 0.0813 e. The number of benzene rings is 1. The summed E-state index contributed by atoms with van der Waals surface area (Å²) in [5, 5.41) is 0. The van der Waals surface area contributed by atoms with Crippen molar-refractivity contribution in [2.45, 2.75) is 63.6 Å². The lowest BCUT2D eigenvalue weighted by molar-refractivity contribution is 0.396. The second-order valence-corrected chi connectivity index (χ2v) is 7.07. The zero-order valence-electron chi connectivity index (χ0n) is 12.9. The standard InChI is InChI=1S/C19H26O2/c1-2-14(1)3-7-17-11-15(5-9-18-12-20-18)4-6-16(17)8-10-19-13-21-19/h4,6,11,14,18-19H,1-3,5,7-10,12-13H2. The van der Waals surface area contributed by atoms with E-state index in [1.165, 1.54) is 56.9 Å². The van der Waals surface area contributed by atoms with E-state index in [0.717, 1.165) is 19.1 Å². The first-order chi connectivity index (χ1) is 10.4. The third-order valence-corrected chi connectivity index (χ3v) is 5.08. The van der Waals surface area contributed by atoms with Gasteiger partial charge in [-0.1, -0.05) is 31.0 Å². The first kappa shape index (κ1) is 13.8. The summed E-state index contributed by atoms with van der Waals surface area (Å²) in [7, 11) is 0. The van der Waals surface area contributed by atoms with Gasteiger partial charge in [-0.2, -0.15) is 0 Å². The van der Waals surface area contributed by atoms with E-state index in [-0.39, 0.29) is 0 Å². The molecule has 0 radical (unpaired) electrons. The van der Waals surface area contributed by atoms with Crippen molar-refractivity contribution in [1.82, 2.24) is 0 Å². The molecule has 2 unspecified atom stereocenters. The molecule has 1 aliphatic carbocycles. The predicted molar refractivity (Wildman–Crippen MR) is 83.6 cm³/mol.